The lowest BCUT2D eigenvalue weighted by Gasteiger charge is -2.38. The van der Waals surface area contributed by atoms with Gasteiger partial charge in [-0.25, -0.2) is 4.39 Å². The maximum atomic E-state index is 14.8. The molecular formula is C27H37FN2O7. The molecule has 2 unspecified atom stereocenters. The van der Waals surface area contributed by atoms with Crippen LogP contribution in [0, 0.1) is 22.6 Å². The van der Waals surface area contributed by atoms with Crippen molar-refractivity contribution in [1.29, 1.82) is 0 Å². The van der Waals surface area contributed by atoms with Crippen molar-refractivity contribution < 1.29 is 38.1 Å². The van der Waals surface area contributed by atoms with E-state index in [4.69, 9.17) is 14.2 Å². The zero-order valence-corrected chi connectivity index (χ0v) is 21.7. The number of carbonyl (C=O) groups is 3. The van der Waals surface area contributed by atoms with Gasteiger partial charge in [-0.15, -0.1) is 0 Å². The fourth-order valence-corrected chi connectivity index (χ4v) is 5.30. The molecule has 0 aromatic heterocycles. The van der Waals surface area contributed by atoms with E-state index in [0.29, 0.717) is 32.2 Å². The van der Waals surface area contributed by atoms with Gasteiger partial charge in [-0.05, 0) is 56.9 Å². The van der Waals surface area contributed by atoms with Crippen molar-refractivity contribution in [2.75, 3.05) is 26.9 Å². The molecule has 37 heavy (non-hydrogen) atoms. The Morgan fingerprint density at radius 3 is 2.41 bits per heavy atom. The quantitative estimate of drug-likeness (QED) is 0.457. The van der Waals surface area contributed by atoms with E-state index in [1.165, 1.54) is 19.6 Å². The molecule has 1 aromatic rings. The van der Waals surface area contributed by atoms with E-state index in [2.05, 4.69) is 17.6 Å². The van der Waals surface area contributed by atoms with E-state index in [1.807, 2.05) is 0 Å². The Hall–Kier alpha value is -2.88. The molecule has 2 atom stereocenters. The number of hydrogen-bond acceptors (Lipinski definition) is 6. The van der Waals surface area contributed by atoms with Crippen LogP contribution in [-0.4, -0.2) is 61.9 Å². The minimum atomic E-state index is -0.847. The Balaban J connectivity index is 1.41. The summed E-state index contributed by atoms with van der Waals surface area (Å²) in [5, 5.41) is 15.3. The third kappa shape index (κ3) is 6.00. The predicted molar refractivity (Wildman–Crippen MR) is 132 cm³/mol. The molecule has 1 heterocycles. The van der Waals surface area contributed by atoms with Crippen LogP contribution in [-0.2, 0) is 14.3 Å². The minimum absolute atomic E-state index is 0.0438. The lowest BCUT2D eigenvalue weighted by molar-refractivity contribution is -0.150. The van der Waals surface area contributed by atoms with Gasteiger partial charge < -0.3 is 30.0 Å². The summed E-state index contributed by atoms with van der Waals surface area (Å²) in [6.45, 7) is 4.86. The maximum absolute atomic E-state index is 14.8. The van der Waals surface area contributed by atoms with E-state index in [-0.39, 0.29) is 47.7 Å². The molecule has 3 aliphatic rings. The predicted octanol–water partition coefficient (Wildman–Crippen LogP) is 3.30. The van der Waals surface area contributed by atoms with Crippen LogP contribution in [0.2, 0.25) is 0 Å². The van der Waals surface area contributed by atoms with E-state index in [0.717, 1.165) is 18.9 Å². The fraction of sp³-hybridized carbons (Fsp3) is 0.667. The molecule has 10 heteroatoms. The second kappa shape index (κ2) is 10.8. The highest BCUT2D eigenvalue weighted by atomic mass is 19.1. The van der Waals surface area contributed by atoms with Crippen LogP contribution in [0.25, 0.3) is 0 Å². The van der Waals surface area contributed by atoms with Crippen LogP contribution in [0.3, 0.4) is 0 Å². The van der Waals surface area contributed by atoms with Crippen LogP contribution >= 0.6 is 0 Å². The minimum Gasteiger partial charge on any atom is -0.496 e. The number of benzene rings is 1. The summed E-state index contributed by atoms with van der Waals surface area (Å²) < 4.78 is 31.4. The fourth-order valence-electron chi connectivity index (χ4n) is 5.30. The van der Waals surface area contributed by atoms with Crippen LogP contribution in [0.1, 0.15) is 69.2 Å². The molecule has 4 rings (SSSR count). The Morgan fingerprint density at radius 1 is 1.11 bits per heavy atom. The number of carbonyl (C=O) groups excluding carboxylic acids is 2. The average molecular weight is 521 g/mol. The van der Waals surface area contributed by atoms with Crippen LogP contribution in [0.5, 0.6) is 11.5 Å². The highest BCUT2D eigenvalue weighted by Gasteiger charge is 2.40. The molecular weight excluding hydrogens is 483 g/mol. The molecule has 0 spiro atoms. The Morgan fingerprint density at radius 2 is 1.81 bits per heavy atom. The zero-order chi connectivity index (χ0) is 26.8. The molecule has 0 bridgehead atoms. The van der Waals surface area contributed by atoms with Gasteiger partial charge in [-0.1, -0.05) is 13.3 Å². The first-order valence-electron chi connectivity index (χ1n) is 13.0. The smallest absolute Gasteiger partial charge is 0.309 e. The number of hydrogen-bond donors (Lipinski definition) is 3. The lowest BCUT2D eigenvalue weighted by Crippen LogP contribution is -2.48. The van der Waals surface area contributed by atoms with Crippen molar-refractivity contribution in [2.24, 2.45) is 16.7 Å². The first-order chi connectivity index (χ1) is 17.5. The highest BCUT2D eigenvalue weighted by molar-refractivity contribution is 5.98. The van der Waals surface area contributed by atoms with Gasteiger partial charge in [-0.2, -0.15) is 0 Å². The van der Waals surface area contributed by atoms with Gasteiger partial charge >= 0.3 is 5.97 Å². The third-order valence-electron chi connectivity index (χ3n) is 8.33. The molecule has 1 saturated heterocycles. The Labute approximate surface area is 216 Å². The topological polar surface area (TPSA) is 123 Å². The maximum Gasteiger partial charge on any atom is 0.309 e. The number of rotatable bonds is 9. The van der Waals surface area contributed by atoms with Crippen molar-refractivity contribution in [3.63, 3.8) is 0 Å². The number of carboxylic acids is 1. The Kier molecular flexibility index (Phi) is 7.96. The van der Waals surface area contributed by atoms with Gasteiger partial charge in [0.2, 0.25) is 5.91 Å². The van der Waals surface area contributed by atoms with Gasteiger partial charge in [-0.3, -0.25) is 14.4 Å². The SMILES string of the molecule is COc1cc(F)c(OC2CCC(C)(C(=O)O)CC2)cc1C(=O)NC1COCC1C(=O)NCC1(C)CCC1. The van der Waals surface area contributed by atoms with Gasteiger partial charge in [0, 0.05) is 12.6 Å². The second-order valence-corrected chi connectivity index (χ2v) is 11.3. The largest absolute Gasteiger partial charge is 0.496 e. The summed E-state index contributed by atoms with van der Waals surface area (Å²) >= 11 is 0. The molecule has 9 nitrogen and oxygen atoms in total. The molecule has 204 valence electrons. The van der Waals surface area contributed by atoms with Gasteiger partial charge in [0.25, 0.3) is 5.91 Å². The first kappa shape index (κ1) is 27.2. The summed E-state index contributed by atoms with van der Waals surface area (Å²) in [4.78, 5) is 37.5. The van der Waals surface area contributed by atoms with Crippen LogP contribution in [0.15, 0.2) is 12.1 Å². The van der Waals surface area contributed by atoms with E-state index in [1.54, 1.807) is 6.92 Å². The van der Waals surface area contributed by atoms with Crippen LogP contribution in [0.4, 0.5) is 4.39 Å². The molecule has 2 saturated carbocycles. The van der Waals surface area contributed by atoms with Crippen molar-refractivity contribution in [1.82, 2.24) is 10.6 Å². The average Bonchev–Trinajstić information content (AvgIpc) is 3.31. The molecule has 3 N–H and O–H groups in total. The second-order valence-electron chi connectivity index (χ2n) is 11.3. The zero-order valence-electron chi connectivity index (χ0n) is 21.7. The summed E-state index contributed by atoms with van der Waals surface area (Å²) in [7, 11) is 1.34. The summed E-state index contributed by atoms with van der Waals surface area (Å²) in [6, 6.07) is 1.87. The number of ether oxygens (including phenoxy) is 3. The number of aliphatic carboxylic acids is 1. The molecule has 1 aromatic carbocycles. The van der Waals surface area contributed by atoms with E-state index < -0.39 is 35.1 Å². The van der Waals surface area contributed by atoms with E-state index >= 15 is 0 Å². The van der Waals surface area contributed by atoms with Crippen molar-refractivity contribution in [3.8, 4) is 11.5 Å². The summed E-state index contributed by atoms with van der Waals surface area (Å²) in [5.74, 6) is -2.78. The normalized spacial score (nSPS) is 28.6. The van der Waals surface area contributed by atoms with Gasteiger partial charge in [0.15, 0.2) is 11.6 Å². The molecule has 2 aliphatic carbocycles. The van der Waals surface area contributed by atoms with Crippen molar-refractivity contribution in [3.05, 3.63) is 23.5 Å². The monoisotopic (exact) mass is 520 g/mol. The Bertz CT molecular complexity index is 1030. The lowest BCUT2D eigenvalue weighted by atomic mass is 9.70. The number of nitrogens with one attached hydrogen (secondary N) is 2. The van der Waals surface area contributed by atoms with Crippen molar-refractivity contribution in [2.45, 2.75) is 70.9 Å². The highest BCUT2D eigenvalue weighted by Crippen LogP contribution is 2.40. The molecule has 1 aliphatic heterocycles. The molecule has 0 radical (unpaired) electrons. The van der Waals surface area contributed by atoms with E-state index in [9.17, 15) is 23.9 Å². The molecule has 3 fully saturated rings. The number of methoxy groups -OCH3 is 1. The van der Waals surface area contributed by atoms with Crippen molar-refractivity contribution >= 4 is 17.8 Å². The standard InChI is InChI=1S/C27H37FN2O7/c1-26(7-4-8-26)15-29-23(31)18-13-36-14-20(18)30-24(32)17-11-22(19(28)12-21(17)35-3)37-16-5-9-27(2,10-6-16)25(33)34/h11-12,16,18,20H,4-10,13-15H2,1-3H3,(H,29,31)(H,30,32)(H,33,34). The first-order valence-corrected chi connectivity index (χ1v) is 13.0. The van der Waals surface area contributed by atoms with Crippen LogP contribution < -0.4 is 20.1 Å². The number of carboxylic acid groups (broad SMARTS) is 1. The van der Waals surface area contributed by atoms with Gasteiger partial charge in [0.05, 0.1) is 49.4 Å². The summed E-state index contributed by atoms with van der Waals surface area (Å²) in [5.41, 5.74) is -0.598. The third-order valence-corrected chi connectivity index (χ3v) is 8.33. The number of amides is 2. The number of halogens is 1. The van der Waals surface area contributed by atoms with Gasteiger partial charge in [0.1, 0.15) is 5.75 Å². The summed E-state index contributed by atoms with van der Waals surface area (Å²) in [6.07, 6.45) is 4.75. The molecule has 2 amide bonds.